The normalized spacial score (nSPS) is 14.0. The molecule has 2 aliphatic carbocycles. The van der Waals surface area contributed by atoms with Gasteiger partial charge in [-0.2, -0.15) is 0 Å². The lowest BCUT2D eigenvalue weighted by atomic mass is 9.67. The van der Waals surface area contributed by atoms with Gasteiger partial charge in [0.25, 0.3) is 0 Å². The van der Waals surface area contributed by atoms with Crippen molar-refractivity contribution in [1.82, 2.24) is 8.80 Å². The van der Waals surface area contributed by atoms with Gasteiger partial charge in [-0.25, -0.2) is 0 Å². The summed E-state index contributed by atoms with van der Waals surface area (Å²) < 4.78 is 5.47. The zero-order valence-corrected chi connectivity index (χ0v) is 44.6. The third kappa shape index (κ3) is 5.23. The molecule has 0 amide bonds. The number of para-hydroxylation sites is 2. The lowest BCUT2D eigenvalue weighted by Gasteiger charge is -2.33. The molecule has 0 spiro atoms. The first-order chi connectivity index (χ1) is 40.8. The largest absolute Gasteiger partial charge is 0.307 e. The van der Waals surface area contributed by atoms with Crippen LogP contribution in [0.4, 0.5) is 0 Å². The van der Waals surface area contributed by atoms with Crippen LogP contribution in [0, 0.1) is 0 Å². The maximum Gasteiger partial charge on any atom is 0.0714 e. The average molecular weight is 1040 g/mol. The Morgan fingerprint density at radius 3 is 0.866 bits per heavy atom. The standard InChI is InChI=1S/C80H48N2/c1-7-25-49(26-8-1)67-71-61-41-23-39-55-58-46-48-66-70(60-38-20-22-44-64(60)80(66,53-33-15-5-16-34-53)54-35-17-6-18-36-54)76(58)82(73(55)61)78(71)68(50-27-9-2-10-28-50)72-62-42-24-40-56-57-45-47-65-69(75(57)81(74(56)62)77(67)72)59-37-19-21-43-63(59)79(65,51-29-11-3-12-30-51)52-31-13-4-14-32-52/h1-48H. The van der Waals surface area contributed by atoms with Crippen molar-refractivity contribution in [3.63, 3.8) is 0 Å². The molecule has 0 N–H and O–H groups in total. The van der Waals surface area contributed by atoms with Crippen LogP contribution in [0.2, 0.25) is 0 Å². The van der Waals surface area contributed by atoms with Crippen molar-refractivity contribution in [3.8, 4) is 44.5 Å². The molecule has 17 aromatic rings. The molecule has 0 fully saturated rings. The van der Waals surface area contributed by atoms with Gasteiger partial charge < -0.3 is 8.80 Å². The lowest BCUT2D eigenvalue weighted by Crippen LogP contribution is -2.28. The summed E-state index contributed by atoms with van der Waals surface area (Å²) in [6.45, 7) is 0. The number of benzene rings is 13. The average Bonchev–Trinajstić information content (AvgIpc) is 3.72. The molecule has 13 aromatic carbocycles. The molecule has 4 heterocycles. The summed E-state index contributed by atoms with van der Waals surface area (Å²) in [6, 6.07) is 110. The van der Waals surface area contributed by atoms with Crippen molar-refractivity contribution in [2.24, 2.45) is 0 Å². The molecule has 0 bridgehead atoms. The van der Waals surface area contributed by atoms with Gasteiger partial charge in [0.1, 0.15) is 0 Å². The van der Waals surface area contributed by atoms with Crippen LogP contribution in [0.5, 0.6) is 0 Å². The summed E-state index contributed by atoms with van der Waals surface area (Å²) in [5.74, 6) is 0. The quantitative estimate of drug-likeness (QED) is 0.157. The molecular weight excluding hydrogens is 989 g/mol. The van der Waals surface area contributed by atoms with Crippen molar-refractivity contribution in [2.75, 3.05) is 0 Å². The molecule has 0 saturated heterocycles. The monoisotopic (exact) mass is 1040 g/mol. The van der Waals surface area contributed by atoms with E-state index in [1.165, 1.54) is 165 Å². The van der Waals surface area contributed by atoms with E-state index in [0.717, 1.165) is 0 Å². The summed E-state index contributed by atoms with van der Waals surface area (Å²) >= 11 is 0. The molecule has 2 aliphatic rings. The van der Waals surface area contributed by atoms with Gasteiger partial charge in [-0.1, -0.05) is 291 Å². The minimum Gasteiger partial charge on any atom is -0.307 e. The summed E-state index contributed by atoms with van der Waals surface area (Å²) in [5, 5.41) is 10.1. The third-order valence-electron chi connectivity index (χ3n) is 19.3. The molecule has 2 nitrogen and oxygen atoms in total. The van der Waals surface area contributed by atoms with Gasteiger partial charge >= 0.3 is 0 Å². The molecule has 82 heavy (non-hydrogen) atoms. The Morgan fingerprint density at radius 1 is 0.195 bits per heavy atom. The first-order valence-corrected chi connectivity index (χ1v) is 28.8. The number of fused-ring (bicyclic) bond motifs is 20. The van der Waals surface area contributed by atoms with E-state index in [1.807, 2.05) is 0 Å². The van der Waals surface area contributed by atoms with Crippen LogP contribution in [-0.4, -0.2) is 8.80 Å². The zero-order chi connectivity index (χ0) is 53.4. The molecule has 0 unspecified atom stereocenters. The van der Waals surface area contributed by atoms with E-state index in [4.69, 9.17) is 0 Å². The summed E-state index contributed by atoms with van der Waals surface area (Å²) in [6.07, 6.45) is 0. The fourth-order valence-corrected chi connectivity index (χ4v) is 16.5. The van der Waals surface area contributed by atoms with Gasteiger partial charge in [0.2, 0.25) is 0 Å². The molecule has 0 aliphatic heterocycles. The smallest absolute Gasteiger partial charge is 0.0714 e. The highest BCUT2D eigenvalue weighted by Gasteiger charge is 2.49. The Labute approximate surface area is 473 Å². The fraction of sp³-hybridized carbons (Fsp3) is 0.0250. The van der Waals surface area contributed by atoms with Crippen LogP contribution in [0.15, 0.2) is 291 Å². The second-order valence-electron chi connectivity index (χ2n) is 22.8. The van der Waals surface area contributed by atoms with Crippen LogP contribution >= 0.6 is 0 Å². The van der Waals surface area contributed by atoms with Crippen molar-refractivity contribution in [2.45, 2.75) is 10.8 Å². The highest BCUT2D eigenvalue weighted by molar-refractivity contribution is 6.39. The Morgan fingerprint density at radius 2 is 0.500 bits per heavy atom. The third-order valence-corrected chi connectivity index (χ3v) is 19.3. The molecule has 2 heteroatoms. The van der Waals surface area contributed by atoms with E-state index < -0.39 is 10.8 Å². The predicted octanol–water partition coefficient (Wildman–Crippen LogP) is 20.0. The maximum absolute atomic E-state index is 2.74. The van der Waals surface area contributed by atoms with Crippen LogP contribution < -0.4 is 0 Å². The summed E-state index contributed by atoms with van der Waals surface area (Å²) in [7, 11) is 0. The Kier molecular flexibility index (Phi) is 8.69. The molecule has 0 saturated carbocycles. The minimum atomic E-state index is -0.559. The highest BCUT2D eigenvalue weighted by atomic mass is 15.0. The van der Waals surface area contributed by atoms with Crippen LogP contribution in [-0.2, 0) is 10.8 Å². The molecule has 0 atom stereocenters. The van der Waals surface area contributed by atoms with Gasteiger partial charge in [0.15, 0.2) is 0 Å². The van der Waals surface area contributed by atoms with Crippen molar-refractivity contribution >= 4 is 76.2 Å². The first-order valence-electron chi connectivity index (χ1n) is 28.8. The van der Waals surface area contributed by atoms with Crippen LogP contribution in [0.3, 0.4) is 0 Å². The highest BCUT2D eigenvalue weighted by Crippen LogP contribution is 2.63. The Hall–Kier alpha value is -10.5. The summed E-state index contributed by atoms with van der Waals surface area (Å²) in [4.78, 5) is 0. The van der Waals surface area contributed by atoms with Crippen LogP contribution in [0.25, 0.3) is 121 Å². The maximum atomic E-state index is 2.74. The van der Waals surface area contributed by atoms with Gasteiger partial charge in [-0.05, 0) is 66.8 Å². The van der Waals surface area contributed by atoms with E-state index in [9.17, 15) is 0 Å². The van der Waals surface area contributed by atoms with E-state index >= 15 is 0 Å². The lowest BCUT2D eigenvalue weighted by molar-refractivity contribution is 0.769. The Balaban J connectivity index is 1.07. The number of aromatic nitrogens is 2. The molecule has 19 rings (SSSR count). The van der Waals surface area contributed by atoms with Gasteiger partial charge in [0, 0.05) is 65.3 Å². The number of hydrogen-bond acceptors (Lipinski definition) is 0. The predicted molar refractivity (Wildman–Crippen MR) is 341 cm³/mol. The second kappa shape index (κ2) is 16.1. The van der Waals surface area contributed by atoms with Crippen molar-refractivity contribution in [3.05, 3.63) is 336 Å². The second-order valence-corrected chi connectivity index (χ2v) is 22.8. The van der Waals surface area contributed by atoms with E-state index in [2.05, 4.69) is 300 Å². The first kappa shape index (κ1) is 44.3. The summed E-state index contributed by atoms with van der Waals surface area (Å²) in [5.41, 5.74) is 26.7. The fourth-order valence-electron chi connectivity index (χ4n) is 16.5. The molecular formula is C80H48N2. The molecule has 378 valence electrons. The van der Waals surface area contributed by atoms with Gasteiger partial charge in [0.05, 0.1) is 43.9 Å². The number of nitrogens with zero attached hydrogens (tertiary/aromatic N) is 2. The van der Waals surface area contributed by atoms with E-state index in [-0.39, 0.29) is 0 Å². The SMILES string of the molecule is c1ccc(-c2c3c4cccc5c6ccc7c(c6n(c3c(-c3ccccc3)c3c6cccc8c9ccc%10c(c9n(c23)c86)-c2ccccc2C%10(c2ccccc2)c2ccccc2)c54)-c2ccccc2C7(c2ccccc2)c2ccccc2)cc1. The number of rotatable bonds is 6. The van der Waals surface area contributed by atoms with E-state index in [1.54, 1.807) is 0 Å². The van der Waals surface area contributed by atoms with Gasteiger partial charge in [-0.15, -0.1) is 0 Å². The number of hydrogen-bond donors (Lipinski definition) is 0. The Bertz CT molecular complexity index is 5040. The molecule has 4 aromatic heterocycles. The van der Waals surface area contributed by atoms with Gasteiger partial charge in [-0.3, -0.25) is 0 Å². The zero-order valence-electron chi connectivity index (χ0n) is 44.6. The molecule has 0 radical (unpaired) electrons. The van der Waals surface area contributed by atoms with E-state index in [0.29, 0.717) is 0 Å². The minimum absolute atomic E-state index is 0.559. The van der Waals surface area contributed by atoms with Crippen molar-refractivity contribution < 1.29 is 0 Å². The van der Waals surface area contributed by atoms with Crippen molar-refractivity contribution in [1.29, 1.82) is 0 Å². The van der Waals surface area contributed by atoms with Crippen LogP contribution in [0.1, 0.15) is 44.5 Å². The topological polar surface area (TPSA) is 8.82 Å².